The smallest absolute Gasteiger partial charge is 0.326 e. The minimum Gasteiger partial charge on any atom is -0.480 e. The van der Waals surface area contributed by atoms with Gasteiger partial charge in [-0.25, -0.2) is 14.6 Å². The third-order valence-electron chi connectivity index (χ3n) is 4.26. The molecule has 2 aliphatic heterocycles. The lowest BCUT2D eigenvalue weighted by Gasteiger charge is -2.36. The second-order valence-electron chi connectivity index (χ2n) is 5.47. The molecule has 0 saturated carbocycles. The van der Waals surface area contributed by atoms with Gasteiger partial charge in [-0.1, -0.05) is 0 Å². The third kappa shape index (κ3) is 2.35. The Morgan fingerprint density at radius 1 is 1.43 bits per heavy atom. The van der Waals surface area contributed by atoms with E-state index < -0.39 is 12.0 Å². The van der Waals surface area contributed by atoms with E-state index in [-0.39, 0.29) is 31.6 Å². The van der Waals surface area contributed by atoms with E-state index in [1.807, 2.05) is 0 Å². The van der Waals surface area contributed by atoms with Gasteiger partial charge in [-0.2, -0.15) is 0 Å². The van der Waals surface area contributed by atoms with Gasteiger partial charge in [0.1, 0.15) is 6.04 Å². The molecule has 3 rings (SSSR count). The summed E-state index contributed by atoms with van der Waals surface area (Å²) in [7, 11) is 0. The van der Waals surface area contributed by atoms with Gasteiger partial charge in [-0.05, 0) is 12.8 Å². The average molecular weight is 294 g/mol. The largest absolute Gasteiger partial charge is 0.480 e. The zero-order valence-corrected chi connectivity index (χ0v) is 11.5. The number of rotatable bonds is 2. The number of carboxylic acid groups (broad SMARTS) is 1. The Labute approximate surface area is 121 Å². The Balaban J connectivity index is 1.85. The number of aromatic amines is 1. The Morgan fingerprint density at radius 3 is 2.95 bits per heavy atom. The fourth-order valence-corrected chi connectivity index (χ4v) is 3.10. The molecule has 1 aromatic rings. The summed E-state index contributed by atoms with van der Waals surface area (Å²) in [6, 6.07) is -1.44. The molecule has 21 heavy (non-hydrogen) atoms. The monoisotopic (exact) mass is 294 g/mol. The average Bonchev–Trinajstić information content (AvgIpc) is 3.12. The van der Waals surface area contributed by atoms with Crippen LogP contribution in [0.3, 0.4) is 0 Å². The Bertz CT molecular complexity index is 558. The summed E-state index contributed by atoms with van der Waals surface area (Å²) in [5.74, 6) is -1.03. The Kier molecular flexibility index (Phi) is 3.54. The molecule has 1 fully saturated rings. The van der Waals surface area contributed by atoms with Crippen molar-refractivity contribution in [3.05, 3.63) is 17.7 Å². The molecule has 0 spiro atoms. The molecule has 0 radical (unpaired) electrons. The van der Waals surface area contributed by atoms with Gasteiger partial charge in [0.15, 0.2) is 0 Å². The molecular formula is C13H18N4O4. The predicted octanol–water partition coefficient (Wildman–Crippen LogP) is -0.202. The number of imidazole rings is 1. The molecule has 1 saturated heterocycles. The fourth-order valence-electron chi connectivity index (χ4n) is 3.10. The third-order valence-corrected chi connectivity index (χ3v) is 4.26. The lowest BCUT2D eigenvalue weighted by molar-refractivity contribution is -0.143. The van der Waals surface area contributed by atoms with Crippen LogP contribution in [0.5, 0.6) is 0 Å². The number of hydrogen-bond acceptors (Lipinski definition) is 4. The minimum atomic E-state index is -1.03. The van der Waals surface area contributed by atoms with E-state index in [1.165, 1.54) is 11.2 Å². The van der Waals surface area contributed by atoms with Gasteiger partial charge in [0.2, 0.25) is 0 Å². The van der Waals surface area contributed by atoms with E-state index in [0.29, 0.717) is 12.2 Å². The highest BCUT2D eigenvalue weighted by Crippen LogP contribution is 2.25. The zero-order chi connectivity index (χ0) is 15.0. The minimum absolute atomic E-state index is 0.0906. The van der Waals surface area contributed by atoms with Crippen LogP contribution in [0, 0.1) is 0 Å². The number of carboxylic acids is 1. The molecule has 8 nitrogen and oxygen atoms in total. The van der Waals surface area contributed by atoms with Gasteiger partial charge in [-0.15, -0.1) is 0 Å². The number of hydrogen-bond donors (Lipinski definition) is 3. The van der Waals surface area contributed by atoms with E-state index in [1.54, 1.807) is 4.90 Å². The number of amides is 2. The summed E-state index contributed by atoms with van der Waals surface area (Å²) in [5.41, 5.74) is 1.48. The van der Waals surface area contributed by atoms with E-state index in [4.69, 9.17) is 0 Å². The van der Waals surface area contributed by atoms with Crippen LogP contribution in [0.15, 0.2) is 6.33 Å². The number of nitrogens with one attached hydrogen (secondary N) is 1. The predicted molar refractivity (Wildman–Crippen MR) is 71.5 cm³/mol. The van der Waals surface area contributed by atoms with E-state index in [0.717, 1.165) is 18.5 Å². The van der Waals surface area contributed by atoms with E-state index in [2.05, 4.69) is 9.97 Å². The molecule has 2 unspecified atom stereocenters. The first-order chi connectivity index (χ1) is 10.1. The Morgan fingerprint density at radius 2 is 2.24 bits per heavy atom. The first kappa shape index (κ1) is 13.9. The van der Waals surface area contributed by atoms with Crippen LogP contribution < -0.4 is 0 Å². The van der Waals surface area contributed by atoms with Crippen LogP contribution in [-0.2, 0) is 17.8 Å². The van der Waals surface area contributed by atoms with Crippen LogP contribution >= 0.6 is 0 Å². The van der Waals surface area contributed by atoms with Crippen molar-refractivity contribution < 1.29 is 19.8 Å². The number of aliphatic hydroxyl groups is 1. The standard InChI is InChI=1S/C13H18N4O4/c18-6-8-2-1-3-16(8)13(21)17-5-10-9(14-7-15-10)4-11(17)12(19)20/h7-8,11,18H,1-6H2,(H,14,15)(H,19,20). The molecule has 3 heterocycles. The maximum Gasteiger partial charge on any atom is 0.326 e. The van der Waals surface area contributed by atoms with E-state index >= 15 is 0 Å². The van der Waals surface area contributed by atoms with Gasteiger partial charge < -0.3 is 25.0 Å². The molecule has 2 amide bonds. The van der Waals surface area contributed by atoms with Gasteiger partial charge in [0.25, 0.3) is 0 Å². The number of carbonyl (C=O) groups excluding carboxylic acids is 1. The maximum atomic E-state index is 12.7. The highest BCUT2D eigenvalue weighted by Gasteiger charge is 2.40. The fraction of sp³-hybridized carbons (Fsp3) is 0.615. The molecule has 1 aromatic heterocycles. The van der Waals surface area contributed by atoms with Crippen molar-refractivity contribution in [3.63, 3.8) is 0 Å². The molecule has 2 atom stereocenters. The highest BCUT2D eigenvalue weighted by molar-refractivity contribution is 5.83. The summed E-state index contributed by atoms with van der Waals surface area (Å²) in [5, 5.41) is 18.7. The van der Waals surface area contributed by atoms with Crippen LogP contribution in [0.4, 0.5) is 4.79 Å². The van der Waals surface area contributed by atoms with Crippen molar-refractivity contribution in [2.45, 2.75) is 37.9 Å². The highest BCUT2D eigenvalue weighted by atomic mass is 16.4. The van der Waals surface area contributed by atoms with Crippen molar-refractivity contribution in [1.82, 2.24) is 19.8 Å². The Hall–Kier alpha value is -2.09. The summed E-state index contributed by atoms with van der Waals surface area (Å²) < 4.78 is 0. The summed E-state index contributed by atoms with van der Waals surface area (Å²) in [6.45, 7) is 0.676. The summed E-state index contributed by atoms with van der Waals surface area (Å²) in [6.07, 6.45) is 3.31. The van der Waals surface area contributed by atoms with Crippen molar-refractivity contribution in [1.29, 1.82) is 0 Å². The normalized spacial score (nSPS) is 25.0. The number of nitrogens with zero attached hydrogens (tertiary/aromatic N) is 3. The van der Waals surface area contributed by atoms with Gasteiger partial charge in [-0.3, -0.25) is 0 Å². The van der Waals surface area contributed by atoms with Crippen LogP contribution in [0.2, 0.25) is 0 Å². The lowest BCUT2D eigenvalue weighted by Crippen LogP contribution is -2.54. The van der Waals surface area contributed by atoms with Crippen molar-refractivity contribution in [3.8, 4) is 0 Å². The topological polar surface area (TPSA) is 110 Å². The van der Waals surface area contributed by atoms with Crippen LogP contribution in [-0.4, -0.2) is 67.2 Å². The summed E-state index contributed by atoms with van der Waals surface area (Å²) >= 11 is 0. The molecule has 0 bridgehead atoms. The molecule has 114 valence electrons. The number of likely N-dealkylation sites (tertiary alicyclic amines) is 1. The number of aliphatic carboxylic acids is 1. The summed E-state index contributed by atoms with van der Waals surface area (Å²) in [4.78, 5) is 34.1. The molecule has 0 aliphatic carbocycles. The zero-order valence-electron chi connectivity index (χ0n) is 11.5. The number of carbonyl (C=O) groups is 2. The van der Waals surface area contributed by atoms with Gasteiger partial charge in [0, 0.05) is 13.0 Å². The van der Waals surface area contributed by atoms with Crippen molar-refractivity contribution >= 4 is 12.0 Å². The van der Waals surface area contributed by atoms with Crippen molar-refractivity contribution in [2.75, 3.05) is 13.2 Å². The molecule has 8 heteroatoms. The molecule has 0 aromatic carbocycles. The number of fused-ring (bicyclic) bond motifs is 1. The quantitative estimate of drug-likeness (QED) is 0.699. The van der Waals surface area contributed by atoms with Gasteiger partial charge in [0.05, 0.1) is 36.9 Å². The second-order valence-corrected chi connectivity index (χ2v) is 5.47. The molecular weight excluding hydrogens is 276 g/mol. The first-order valence-corrected chi connectivity index (χ1v) is 7.04. The lowest BCUT2D eigenvalue weighted by atomic mass is 10.0. The number of aliphatic hydroxyl groups excluding tert-OH is 1. The van der Waals surface area contributed by atoms with Gasteiger partial charge >= 0.3 is 12.0 Å². The number of aromatic nitrogens is 2. The van der Waals surface area contributed by atoms with E-state index in [9.17, 15) is 19.8 Å². The molecule has 3 N–H and O–H groups in total. The number of H-pyrrole nitrogens is 1. The maximum absolute atomic E-state index is 12.7. The van der Waals surface area contributed by atoms with Crippen LogP contribution in [0.1, 0.15) is 24.2 Å². The first-order valence-electron chi connectivity index (χ1n) is 7.04. The van der Waals surface area contributed by atoms with Crippen molar-refractivity contribution in [2.24, 2.45) is 0 Å². The molecule has 2 aliphatic rings. The number of urea groups is 1. The SMILES string of the molecule is O=C(O)C1Cc2nc[nH]c2CN1C(=O)N1CCCC1CO. The van der Waals surface area contributed by atoms with Crippen LogP contribution in [0.25, 0.3) is 0 Å². The second kappa shape index (κ2) is 5.36.